The summed E-state index contributed by atoms with van der Waals surface area (Å²) >= 11 is 0. The third-order valence-corrected chi connectivity index (χ3v) is 12.4. The summed E-state index contributed by atoms with van der Waals surface area (Å²) in [5, 5.41) is 12.3. The van der Waals surface area contributed by atoms with E-state index in [-0.39, 0.29) is 67.7 Å². The van der Waals surface area contributed by atoms with E-state index in [1.54, 1.807) is 48.5 Å². The Hall–Kier alpha value is -8.20. The van der Waals surface area contributed by atoms with E-state index in [1.165, 1.54) is 75.9 Å². The molecule has 0 radical (unpaired) electrons. The number of nitrogens with zero attached hydrogens (tertiary/aromatic N) is 3. The largest absolute Gasteiger partial charge is 0.417 e. The van der Waals surface area contributed by atoms with Gasteiger partial charge >= 0.3 is 30.9 Å². The van der Waals surface area contributed by atoms with Crippen LogP contribution in [-0.4, -0.2) is 9.13 Å². The number of benzene rings is 8. The average molecular weight is 1000 g/mol. The van der Waals surface area contributed by atoms with Crippen LogP contribution in [0.4, 0.5) is 65.9 Å². The van der Waals surface area contributed by atoms with Crippen LogP contribution in [0.2, 0.25) is 0 Å². The molecule has 0 unspecified atom stereocenters. The summed E-state index contributed by atoms with van der Waals surface area (Å²) < 4.78 is 216. The summed E-state index contributed by atoms with van der Waals surface area (Å²) in [5.74, 6) is 0. The molecule has 72 heavy (non-hydrogen) atoms. The molecule has 0 saturated carbocycles. The Morgan fingerprint density at radius 2 is 0.708 bits per heavy atom. The Bertz CT molecular complexity index is 3810. The van der Waals surface area contributed by atoms with Crippen LogP contribution < -0.4 is 0 Å². The number of nitriles is 1. The average Bonchev–Trinajstić information content (AvgIpc) is 3.84. The first-order valence-corrected chi connectivity index (χ1v) is 21.2. The third-order valence-electron chi connectivity index (χ3n) is 12.4. The predicted molar refractivity (Wildman–Crippen MR) is 241 cm³/mol. The van der Waals surface area contributed by atoms with E-state index in [0.717, 1.165) is 6.07 Å². The molecule has 362 valence electrons. The summed E-state index contributed by atoms with van der Waals surface area (Å²) in [5.41, 5.74) is -7.66. The summed E-state index contributed by atoms with van der Waals surface area (Å²) in [6.45, 7) is 0. The second-order valence-electron chi connectivity index (χ2n) is 16.8. The minimum Gasteiger partial charge on any atom is -0.309 e. The van der Waals surface area contributed by atoms with Gasteiger partial charge in [-0.3, -0.25) is 0 Å². The molecular weight excluding hydrogens is 976 g/mol. The van der Waals surface area contributed by atoms with E-state index >= 15 is 13.2 Å². The highest BCUT2D eigenvalue weighted by atomic mass is 19.4. The van der Waals surface area contributed by atoms with Gasteiger partial charge in [-0.2, -0.15) is 71.1 Å². The molecule has 0 aliphatic carbocycles. The van der Waals surface area contributed by atoms with Gasteiger partial charge in [-0.25, -0.2) is 0 Å². The molecule has 0 atom stereocenters. The van der Waals surface area contributed by atoms with Crippen LogP contribution in [0.15, 0.2) is 158 Å². The molecule has 18 heteroatoms. The van der Waals surface area contributed by atoms with Gasteiger partial charge in [-0.15, -0.1) is 0 Å². The molecule has 2 aromatic heterocycles. The lowest BCUT2D eigenvalue weighted by molar-refractivity contribution is -0.144. The van der Waals surface area contributed by atoms with Crippen molar-refractivity contribution in [1.29, 1.82) is 5.26 Å². The van der Waals surface area contributed by atoms with Gasteiger partial charge in [-0.05, 0) is 119 Å². The number of aromatic nitrogens is 2. The number of fused-ring (bicyclic) bond motifs is 6. The van der Waals surface area contributed by atoms with Crippen LogP contribution in [0, 0.1) is 11.3 Å². The van der Waals surface area contributed by atoms with E-state index in [1.807, 2.05) is 0 Å². The third kappa shape index (κ3) is 8.21. The second kappa shape index (κ2) is 16.4. The monoisotopic (exact) mass is 1000 g/mol. The lowest BCUT2D eigenvalue weighted by Gasteiger charge is -2.21. The van der Waals surface area contributed by atoms with Gasteiger partial charge in [0.2, 0.25) is 0 Å². The summed E-state index contributed by atoms with van der Waals surface area (Å²) in [7, 11) is 0. The highest BCUT2D eigenvalue weighted by Gasteiger charge is 2.39. The fraction of sp³-hybridized carbons (Fsp3) is 0.0926. The van der Waals surface area contributed by atoms with Crippen molar-refractivity contribution in [2.45, 2.75) is 30.9 Å². The van der Waals surface area contributed by atoms with E-state index in [4.69, 9.17) is 0 Å². The van der Waals surface area contributed by atoms with Gasteiger partial charge in [0.15, 0.2) is 0 Å². The molecule has 3 nitrogen and oxygen atoms in total. The fourth-order valence-corrected chi connectivity index (χ4v) is 9.28. The molecule has 2 heterocycles. The Morgan fingerprint density at radius 1 is 0.319 bits per heavy atom. The van der Waals surface area contributed by atoms with Crippen LogP contribution in [-0.2, 0) is 30.9 Å². The first kappa shape index (κ1) is 47.5. The number of hydrogen-bond acceptors (Lipinski definition) is 1. The fourth-order valence-electron chi connectivity index (χ4n) is 9.28. The van der Waals surface area contributed by atoms with Gasteiger partial charge < -0.3 is 9.13 Å². The van der Waals surface area contributed by atoms with Gasteiger partial charge in [-0.1, -0.05) is 66.7 Å². The van der Waals surface area contributed by atoms with Gasteiger partial charge in [0.05, 0.1) is 66.8 Å². The van der Waals surface area contributed by atoms with Crippen molar-refractivity contribution in [3.8, 4) is 50.8 Å². The maximum absolute atomic E-state index is 15.1. The highest BCUT2D eigenvalue weighted by Crippen LogP contribution is 2.47. The van der Waals surface area contributed by atoms with Crippen molar-refractivity contribution in [3.63, 3.8) is 0 Å². The molecule has 0 aliphatic rings. The summed E-state index contributed by atoms with van der Waals surface area (Å²) in [6, 6.07) is 32.6. The SMILES string of the molecule is N#Cc1cc(-n2c3ccccc3c3cc(-c4cc(C(F)(F)F)cc(C(F)(F)F)c4)ccc32)c(-c2ccccc2C(F)(F)F)cc1-n1c2ccccc2c2cc(-c3cc(C(F)(F)F)cc(C(F)(F)F)c3)ccc21. The van der Waals surface area contributed by atoms with E-state index in [2.05, 4.69) is 6.07 Å². The summed E-state index contributed by atoms with van der Waals surface area (Å²) in [6.07, 6.45) is -25.5. The molecule has 8 aromatic carbocycles. The van der Waals surface area contributed by atoms with E-state index in [9.17, 15) is 57.9 Å². The van der Waals surface area contributed by atoms with Crippen molar-refractivity contribution in [2.24, 2.45) is 0 Å². The zero-order valence-corrected chi connectivity index (χ0v) is 36.0. The smallest absolute Gasteiger partial charge is 0.309 e. The van der Waals surface area contributed by atoms with Crippen molar-refractivity contribution in [3.05, 3.63) is 191 Å². The molecule has 10 rings (SSSR count). The lowest BCUT2D eigenvalue weighted by Crippen LogP contribution is -2.11. The normalized spacial score (nSPS) is 12.9. The minimum absolute atomic E-state index is 0.00197. The molecule has 0 saturated heterocycles. The summed E-state index contributed by atoms with van der Waals surface area (Å²) in [4.78, 5) is 0. The molecular formula is C54H26F15N3. The maximum Gasteiger partial charge on any atom is 0.417 e. The molecule has 0 bridgehead atoms. The van der Waals surface area contributed by atoms with Crippen molar-refractivity contribution >= 4 is 43.6 Å². The van der Waals surface area contributed by atoms with Gasteiger partial charge in [0.25, 0.3) is 0 Å². The number of halogens is 15. The number of para-hydroxylation sites is 2. The Kier molecular flexibility index (Phi) is 10.8. The molecule has 0 fully saturated rings. The van der Waals surface area contributed by atoms with Crippen LogP contribution >= 0.6 is 0 Å². The van der Waals surface area contributed by atoms with Crippen molar-refractivity contribution in [2.75, 3.05) is 0 Å². The minimum atomic E-state index is -5.15. The lowest BCUT2D eigenvalue weighted by atomic mass is 9.95. The van der Waals surface area contributed by atoms with Crippen LogP contribution in [0.5, 0.6) is 0 Å². The molecule has 0 N–H and O–H groups in total. The Morgan fingerprint density at radius 3 is 1.12 bits per heavy atom. The zero-order valence-electron chi connectivity index (χ0n) is 36.0. The number of rotatable bonds is 5. The van der Waals surface area contributed by atoms with E-state index < -0.39 is 69.8 Å². The second-order valence-corrected chi connectivity index (χ2v) is 16.8. The standard InChI is InChI=1S/C54H26F15N3/c55-50(56,57)33-17-30(18-34(24-33)51(58,59)60)28-13-15-46-40(21-28)38-8-2-5-11-44(38)71(46)48-26-42(37-7-1-4-10-43(37)54(67,68)69)49(23-32(48)27-70)72-45-12-6-3-9-39(45)41-22-29(14-16-47(41)72)31-19-35(52(61,62)63)25-36(20-31)53(64,65)66/h1-26H. The van der Waals surface area contributed by atoms with Crippen molar-refractivity contribution < 1.29 is 65.9 Å². The van der Waals surface area contributed by atoms with Crippen LogP contribution in [0.3, 0.4) is 0 Å². The maximum atomic E-state index is 15.1. The van der Waals surface area contributed by atoms with Crippen molar-refractivity contribution in [1.82, 2.24) is 9.13 Å². The Balaban J connectivity index is 1.25. The first-order valence-electron chi connectivity index (χ1n) is 21.2. The van der Waals surface area contributed by atoms with Crippen LogP contribution in [0.1, 0.15) is 33.4 Å². The molecule has 0 spiro atoms. The molecule has 0 amide bonds. The zero-order chi connectivity index (χ0) is 51.4. The quantitative estimate of drug-likeness (QED) is 0.158. The predicted octanol–water partition coefficient (Wildman–Crippen LogP) is 17.8. The number of alkyl halides is 15. The topological polar surface area (TPSA) is 33.6 Å². The molecule has 10 aromatic rings. The Labute approximate surface area is 395 Å². The highest BCUT2D eigenvalue weighted by molar-refractivity contribution is 6.12. The first-order chi connectivity index (χ1) is 33.8. The van der Waals surface area contributed by atoms with Gasteiger partial charge in [0.1, 0.15) is 6.07 Å². The van der Waals surface area contributed by atoms with Gasteiger partial charge in [0, 0.05) is 27.1 Å². The molecule has 0 aliphatic heterocycles. The number of hydrogen-bond donors (Lipinski definition) is 0. The van der Waals surface area contributed by atoms with Crippen LogP contribution in [0.25, 0.3) is 88.4 Å². The van der Waals surface area contributed by atoms with E-state index in [0.29, 0.717) is 51.5 Å².